The first kappa shape index (κ1) is 11.5. The van der Waals surface area contributed by atoms with Gasteiger partial charge in [-0.15, -0.1) is 0 Å². The van der Waals surface area contributed by atoms with E-state index in [4.69, 9.17) is 5.11 Å². The maximum atomic E-state index is 10.7. The molecule has 0 aliphatic rings. The number of rotatable bonds is 4. The molecule has 5 nitrogen and oxygen atoms in total. The molecule has 0 saturated carbocycles. The third-order valence-electron chi connectivity index (χ3n) is 1.94. The van der Waals surface area contributed by atoms with Crippen molar-refractivity contribution in [3.63, 3.8) is 0 Å². The van der Waals surface area contributed by atoms with Crippen LogP contribution in [0.5, 0.6) is 0 Å². The van der Waals surface area contributed by atoms with E-state index < -0.39 is 15.8 Å². The molecule has 1 N–H and O–H groups in total. The highest BCUT2D eigenvalue weighted by Gasteiger charge is 2.47. The standard InChI is InChI=1S/C9H9NO4S/c11-8(12)9(15,10(13)14)6-7-4-2-1-3-5-7/h1-5,15H,6H2,(H,11,12). The van der Waals surface area contributed by atoms with Crippen LogP contribution in [0.3, 0.4) is 0 Å². The highest BCUT2D eigenvalue weighted by molar-refractivity contribution is 7.82. The summed E-state index contributed by atoms with van der Waals surface area (Å²) in [5.41, 5.74) is 0.562. The van der Waals surface area contributed by atoms with Gasteiger partial charge in [0, 0.05) is 4.92 Å². The summed E-state index contributed by atoms with van der Waals surface area (Å²) in [5, 5.41) is 19.4. The van der Waals surface area contributed by atoms with Crippen LogP contribution in [0.25, 0.3) is 0 Å². The monoisotopic (exact) mass is 227 g/mol. The number of carboxylic acid groups (broad SMARTS) is 1. The number of aliphatic carboxylic acids is 1. The van der Waals surface area contributed by atoms with Crippen molar-refractivity contribution in [3.8, 4) is 0 Å². The molecule has 0 fully saturated rings. The maximum absolute atomic E-state index is 10.7. The molecular formula is C9H9NO4S. The van der Waals surface area contributed by atoms with Gasteiger partial charge in [-0.25, -0.2) is 4.79 Å². The van der Waals surface area contributed by atoms with E-state index >= 15 is 0 Å². The maximum Gasteiger partial charge on any atom is 0.393 e. The highest BCUT2D eigenvalue weighted by Crippen LogP contribution is 2.21. The van der Waals surface area contributed by atoms with Gasteiger partial charge in [0.15, 0.2) is 0 Å². The van der Waals surface area contributed by atoms with Gasteiger partial charge in [-0.2, -0.15) is 0 Å². The number of hydrogen-bond acceptors (Lipinski definition) is 4. The molecule has 0 amide bonds. The fraction of sp³-hybridized carbons (Fsp3) is 0.222. The van der Waals surface area contributed by atoms with Gasteiger partial charge in [-0.05, 0) is 5.56 Å². The number of nitrogens with zero attached hydrogens (tertiary/aromatic N) is 1. The lowest BCUT2D eigenvalue weighted by atomic mass is 10.1. The molecular weight excluding hydrogens is 218 g/mol. The van der Waals surface area contributed by atoms with Crippen molar-refractivity contribution >= 4 is 18.6 Å². The third-order valence-corrected chi connectivity index (χ3v) is 2.45. The Morgan fingerprint density at radius 3 is 2.40 bits per heavy atom. The minimum Gasteiger partial charge on any atom is -0.475 e. The summed E-state index contributed by atoms with van der Waals surface area (Å²) in [7, 11) is 0. The van der Waals surface area contributed by atoms with Gasteiger partial charge in [0.2, 0.25) is 0 Å². The average Bonchev–Trinajstić information content (AvgIpc) is 2.18. The number of carbonyl (C=O) groups is 1. The molecule has 0 bridgehead atoms. The molecule has 0 radical (unpaired) electrons. The second kappa shape index (κ2) is 4.31. The van der Waals surface area contributed by atoms with Crippen molar-refractivity contribution < 1.29 is 14.8 Å². The van der Waals surface area contributed by atoms with Crippen molar-refractivity contribution in [3.05, 3.63) is 46.0 Å². The van der Waals surface area contributed by atoms with Gasteiger partial charge >= 0.3 is 10.8 Å². The van der Waals surface area contributed by atoms with Crippen LogP contribution >= 0.6 is 12.6 Å². The lowest BCUT2D eigenvalue weighted by Gasteiger charge is -2.14. The zero-order chi connectivity index (χ0) is 11.5. The summed E-state index contributed by atoms with van der Waals surface area (Å²) in [6.07, 6.45) is -0.251. The molecule has 6 heteroatoms. The molecule has 1 unspecified atom stereocenters. The summed E-state index contributed by atoms with van der Waals surface area (Å²) in [6, 6.07) is 8.36. The number of nitro groups is 1. The Hall–Kier alpha value is -1.56. The quantitative estimate of drug-likeness (QED) is 0.351. The molecule has 1 aromatic rings. The smallest absolute Gasteiger partial charge is 0.393 e. The van der Waals surface area contributed by atoms with Gasteiger partial charge in [-0.1, -0.05) is 43.0 Å². The van der Waals surface area contributed by atoms with Crippen molar-refractivity contribution in [1.29, 1.82) is 0 Å². The minimum atomic E-state index is -2.26. The molecule has 1 atom stereocenters. The van der Waals surface area contributed by atoms with Crippen LogP contribution in [0.4, 0.5) is 0 Å². The van der Waals surface area contributed by atoms with Crippen LogP contribution in [0.1, 0.15) is 5.56 Å². The number of carboxylic acids is 1. The Labute approximate surface area is 91.3 Å². The largest absolute Gasteiger partial charge is 0.475 e. The molecule has 80 valence electrons. The molecule has 0 spiro atoms. The number of benzene rings is 1. The van der Waals surface area contributed by atoms with Crippen LogP contribution < -0.4 is 0 Å². The molecule has 1 aromatic carbocycles. The van der Waals surface area contributed by atoms with Gasteiger partial charge < -0.3 is 5.11 Å². The third kappa shape index (κ3) is 2.47. The summed E-state index contributed by atoms with van der Waals surface area (Å²) in [4.78, 5) is 18.2. The van der Waals surface area contributed by atoms with Crippen LogP contribution in [-0.2, 0) is 11.2 Å². The predicted molar refractivity (Wildman–Crippen MR) is 56.5 cm³/mol. The van der Waals surface area contributed by atoms with Crippen LogP contribution in [-0.4, -0.2) is 20.9 Å². The lowest BCUT2D eigenvalue weighted by Crippen LogP contribution is -2.43. The summed E-state index contributed by atoms with van der Waals surface area (Å²) >= 11 is 3.62. The summed E-state index contributed by atoms with van der Waals surface area (Å²) < 4.78 is 0. The van der Waals surface area contributed by atoms with E-state index in [1.807, 2.05) is 0 Å². The van der Waals surface area contributed by atoms with Crippen LogP contribution in [0.2, 0.25) is 0 Å². The van der Waals surface area contributed by atoms with E-state index in [0.29, 0.717) is 5.56 Å². The van der Waals surface area contributed by atoms with Crippen LogP contribution in [0, 0.1) is 10.1 Å². The first-order valence-electron chi connectivity index (χ1n) is 4.11. The normalized spacial score (nSPS) is 14.2. The van der Waals surface area contributed by atoms with Crippen molar-refractivity contribution in [1.82, 2.24) is 0 Å². The Morgan fingerprint density at radius 1 is 1.47 bits per heavy atom. The summed E-state index contributed by atoms with van der Waals surface area (Å²) in [5.74, 6) is -1.56. The van der Waals surface area contributed by atoms with Gasteiger partial charge in [0.25, 0.3) is 0 Å². The van der Waals surface area contributed by atoms with E-state index in [1.165, 1.54) is 0 Å². The molecule has 0 aromatic heterocycles. The Morgan fingerprint density at radius 2 is 2.00 bits per heavy atom. The SMILES string of the molecule is O=C(O)C(S)(Cc1ccccc1)[N+](=O)[O-]. The van der Waals surface area contributed by atoms with Crippen LogP contribution in [0.15, 0.2) is 30.3 Å². The van der Waals surface area contributed by atoms with Crippen molar-refractivity contribution in [2.45, 2.75) is 11.3 Å². The van der Waals surface area contributed by atoms with E-state index in [1.54, 1.807) is 30.3 Å². The minimum absolute atomic E-state index is 0.251. The first-order chi connectivity index (χ1) is 6.97. The predicted octanol–water partition coefficient (Wildman–Crippen LogP) is 1.22. The summed E-state index contributed by atoms with van der Waals surface area (Å²) in [6.45, 7) is 0. The van der Waals surface area contributed by atoms with E-state index in [-0.39, 0.29) is 6.42 Å². The number of thiol groups is 1. The Balaban J connectivity index is 2.95. The average molecular weight is 227 g/mol. The molecule has 1 rings (SSSR count). The van der Waals surface area contributed by atoms with Gasteiger partial charge in [-0.3, -0.25) is 10.1 Å². The second-order valence-corrected chi connectivity index (χ2v) is 3.78. The molecule has 0 aliphatic carbocycles. The van der Waals surface area contributed by atoms with E-state index in [9.17, 15) is 14.9 Å². The number of hydrogen-bond donors (Lipinski definition) is 2. The zero-order valence-corrected chi connectivity index (χ0v) is 8.55. The first-order valence-corrected chi connectivity index (χ1v) is 4.56. The highest BCUT2D eigenvalue weighted by atomic mass is 32.1. The fourth-order valence-electron chi connectivity index (χ4n) is 1.10. The fourth-order valence-corrected chi connectivity index (χ4v) is 1.28. The van der Waals surface area contributed by atoms with Crippen molar-refractivity contribution in [2.75, 3.05) is 0 Å². The van der Waals surface area contributed by atoms with E-state index in [2.05, 4.69) is 12.6 Å². The van der Waals surface area contributed by atoms with Gasteiger partial charge in [0.1, 0.15) is 0 Å². The molecule has 15 heavy (non-hydrogen) atoms. The molecule has 0 aliphatic heterocycles. The topological polar surface area (TPSA) is 80.4 Å². The van der Waals surface area contributed by atoms with E-state index in [0.717, 1.165) is 0 Å². The van der Waals surface area contributed by atoms with Crippen molar-refractivity contribution in [2.24, 2.45) is 0 Å². The molecule has 0 saturated heterocycles. The Kier molecular flexibility index (Phi) is 3.31. The lowest BCUT2D eigenvalue weighted by molar-refractivity contribution is -0.524. The zero-order valence-electron chi connectivity index (χ0n) is 7.66. The van der Waals surface area contributed by atoms with Gasteiger partial charge in [0.05, 0.1) is 6.42 Å². The Bertz CT molecular complexity index is 365. The second-order valence-electron chi connectivity index (χ2n) is 3.04. The molecule has 0 heterocycles.